The summed E-state index contributed by atoms with van der Waals surface area (Å²) in [7, 11) is 0. The molecule has 1 aromatic rings. The van der Waals surface area contributed by atoms with Crippen LogP contribution in [0.3, 0.4) is 0 Å². The molecule has 140 valence electrons. The highest BCUT2D eigenvalue weighted by molar-refractivity contribution is 7.99. The van der Waals surface area contributed by atoms with Gasteiger partial charge in [0.1, 0.15) is 6.04 Å². The van der Waals surface area contributed by atoms with Crippen molar-refractivity contribution in [1.82, 2.24) is 15.5 Å². The number of nitrogens with one attached hydrogen (secondary N) is 2. The third kappa shape index (κ3) is 6.87. The van der Waals surface area contributed by atoms with E-state index in [-0.39, 0.29) is 12.3 Å². The van der Waals surface area contributed by atoms with E-state index in [1.165, 1.54) is 16.7 Å². The monoisotopic (exact) mass is 375 g/mol. The first-order valence-corrected chi connectivity index (χ1v) is 9.32. The van der Waals surface area contributed by atoms with Gasteiger partial charge >= 0.3 is 6.18 Å². The minimum atomic E-state index is -4.35. The zero-order valence-corrected chi connectivity index (χ0v) is 15.1. The van der Waals surface area contributed by atoms with Crippen molar-refractivity contribution < 1.29 is 18.0 Å². The van der Waals surface area contributed by atoms with Crippen LogP contribution in [0.1, 0.15) is 12.0 Å². The highest BCUT2D eigenvalue weighted by Crippen LogP contribution is 2.25. The fourth-order valence-electron chi connectivity index (χ4n) is 2.64. The van der Waals surface area contributed by atoms with Crippen LogP contribution in [0.15, 0.2) is 29.2 Å². The standard InChI is InChI=1S/C17H24F3N3OS/c1-13-2-4-14(5-3-13)25-11-6-16(24)22-12-15(17(18,19)20)23-9-7-21-8-10-23/h2-5,15,21H,6-12H2,1H3,(H,22,24). The number of benzene rings is 1. The van der Waals surface area contributed by atoms with Gasteiger partial charge in [-0.3, -0.25) is 9.69 Å². The van der Waals surface area contributed by atoms with Gasteiger partial charge in [-0.1, -0.05) is 17.7 Å². The number of hydrogen-bond acceptors (Lipinski definition) is 4. The Morgan fingerprint density at radius 1 is 1.28 bits per heavy atom. The first-order valence-electron chi connectivity index (χ1n) is 8.34. The molecule has 0 aromatic heterocycles. The lowest BCUT2D eigenvalue weighted by Crippen LogP contribution is -2.57. The molecule has 0 spiro atoms. The van der Waals surface area contributed by atoms with Gasteiger partial charge in [-0.05, 0) is 19.1 Å². The van der Waals surface area contributed by atoms with Gasteiger partial charge in [0.15, 0.2) is 0 Å². The molecule has 0 saturated carbocycles. The molecule has 1 amide bonds. The van der Waals surface area contributed by atoms with Gasteiger partial charge in [0.05, 0.1) is 0 Å². The maximum Gasteiger partial charge on any atom is 0.405 e. The molecule has 0 aliphatic carbocycles. The van der Waals surface area contributed by atoms with E-state index in [0.717, 1.165) is 10.5 Å². The predicted octanol–water partition coefficient (Wildman–Crippen LogP) is 2.43. The SMILES string of the molecule is Cc1ccc(SCCC(=O)NCC(N2CCNCC2)C(F)(F)F)cc1. The molecular formula is C17H24F3N3OS. The summed E-state index contributed by atoms with van der Waals surface area (Å²) < 4.78 is 39.7. The van der Waals surface area contributed by atoms with Crippen molar-refractivity contribution in [2.45, 2.75) is 30.5 Å². The van der Waals surface area contributed by atoms with Crippen LogP contribution in [0.2, 0.25) is 0 Å². The minimum Gasteiger partial charge on any atom is -0.354 e. The third-order valence-corrected chi connectivity index (χ3v) is 5.10. The third-order valence-electron chi connectivity index (χ3n) is 4.08. The fraction of sp³-hybridized carbons (Fsp3) is 0.588. The minimum absolute atomic E-state index is 0.199. The Kier molecular flexibility index (Phi) is 7.58. The summed E-state index contributed by atoms with van der Waals surface area (Å²) in [5, 5.41) is 5.48. The zero-order valence-electron chi connectivity index (χ0n) is 14.2. The second kappa shape index (κ2) is 9.45. The Hall–Kier alpha value is -1.25. The molecule has 1 atom stereocenters. The van der Waals surface area contributed by atoms with E-state index in [1.54, 1.807) is 0 Å². The average molecular weight is 375 g/mol. The van der Waals surface area contributed by atoms with Crippen molar-refractivity contribution in [2.75, 3.05) is 38.5 Å². The summed E-state index contributed by atoms with van der Waals surface area (Å²) in [4.78, 5) is 14.3. The van der Waals surface area contributed by atoms with E-state index in [0.29, 0.717) is 31.9 Å². The van der Waals surface area contributed by atoms with E-state index < -0.39 is 18.8 Å². The first-order chi connectivity index (χ1) is 11.9. The number of nitrogens with zero attached hydrogens (tertiary/aromatic N) is 1. The van der Waals surface area contributed by atoms with Crippen LogP contribution in [0.4, 0.5) is 13.2 Å². The number of hydrogen-bond donors (Lipinski definition) is 2. The number of rotatable bonds is 7. The average Bonchev–Trinajstić information content (AvgIpc) is 2.56. The second-order valence-electron chi connectivity index (χ2n) is 6.06. The second-order valence-corrected chi connectivity index (χ2v) is 7.23. The number of piperazine rings is 1. The largest absolute Gasteiger partial charge is 0.405 e. The summed E-state index contributed by atoms with van der Waals surface area (Å²) in [6.07, 6.45) is -4.15. The van der Waals surface area contributed by atoms with E-state index in [1.807, 2.05) is 31.2 Å². The van der Waals surface area contributed by atoms with Gasteiger partial charge in [0.25, 0.3) is 0 Å². The predicted molar refractivity (Wildman–Crippen MR) is 93.8 cm³/mol. The molecule has 0 radical (unpaired) electrons. The number of alkyl halides is 3. The number of amides is 1. The van der Waals surface area contributed by atoms with Gasteiger partial charge in [-0.2, -0.15) is 13.2 Å². The Bertz CT molecular complexity index is 545. The van der Waals surface area contributed by atoms with Gasteiger partial charge in [-0.25, -0.2) is 0 Å². The molecule has 8 heteroatoms. The van der Waals surface area contributed by atoms with Crippen LogP contribution in [-0.2, 0) is 4.79 Å². The molecule has 1 aliphatic rings. The fourth-order valence-corrected chi connectivity index (χ4v) is 3.49. The topological polar surface area (TPSA) is 44.4 Å². The molecule has 4 nitrogen and oxygen atoms in total. The zero-order chi connectivity index (χ0) is 18.3. The molecule has 0 bridgehead atoms. The van der Waals surface area contributed by atoms with Gasteiger partial charge in [0, 0.05) is 49.8 Å². The number of carbonyl (C=O) groups excluding carboxylic acids is 1. The molecule has 1 fully saturated rings. The first kappa shape index (κ1) is 20.1. The quantitative estimate of drug-likeness (QED) is 0.719. The summed E-state index contributed by atoms with van der Waals surface area (Å²) in [5.74, 6) is 0.197. The van der Waals surface area contributed by atoms with Crippen molar-refractivity contribution in [2.24, 2.45) is 0 Å². The summed E-state index contributed by atoms with van der Waals surface area (Å²) in [6.45, 7) is 3.35. The molecule has 25 heavy (non-hydrogen) atoms. The summed E-state index contributed by atoms with van der Waals surface area (Å²) >= 11 is 1.52. The number of aryl methyl sites for hydroxylation is 1. The summed E-state index contributed by atoms with van der Waals surface area (Å²) in [6, 6.07) is 6.31. The molecular weight excluding hydrogens is 351 g/mol. The molecule has 2 rings (SSSR count). The normalized spacial score (nSPS) is 17.3. The van der Waals surface area contributed by atoms with Crippen molar-refractivity contribution in [3.05, 3.63) is 29.8 Å². The number of halogens is 3. The lowest BCUT2D eigenvalue weighted by molar-refractivity contribution is -0.184. The lowest BCUT2D eigenvalue weighted by atomic mass is 10.2. The van der Waals surface area contributed by atoms with E-state index >= 15 is 0 Å². The lowest BCUT2D eigenvalue weighted by Gasteiger charge is -2.35. The Morgan fingerprint density at radius 2 is 1.92 bits per heavy atom. The maximum atomic E-state index is 13.2. The van der Waals surface area contributed by atoms with E-state index in [4.69, 9.17) is 0 Å². The van der Waals surface area contributed by atoms with Crippen LogP contribution in [0.25, 0.3) is 0 Å². The number of carbonyl (C=O) groups is 1. The molecule has 1 unspecified atom stereocenters. The van der Waals surface area contributed by atoms with Crippen molar-refractivity contribution in [1.29, 1.82) is 0 Å². The highest BCUT2D eigenvalue weighted by atomic mass is 32.2. The molecule has 1 aromatic carbocycles. The van der Waals surface area contributed by atoms with E-state index in [2.05, 4.69) is 10.6 Å². The highest BCUT2D eigenvalue weighted by Gasteiger charge is 2.43. The van der Waals surface area contributed by atoms with Crippen LogP contribution >= 0.6 is 11.8 Å². The number of thioether (sulfide) groups is 1. The Labute approximate surface area is 150 Å². The van der Waals surface area contributed by atoms with Crippen LogP contribution in [0, 0.1) is 6.92 Å². The molecule has 2 N–H and O–H groups in total. The van der Waals surface area contributed by atoms with Crippen molar-refractivity contribution >= 4 is 17.7 Å². The smallest absolute Gasteiger partial charge is 0.354 e. The van der Waals surface area contributed by atoms with Gasteiger partial charge in [0.2, 0.25) is 5.91 Å². The van der Waals surface area contributed by atoms with Crippen LogP contribution in [0.5, 0.6) is 0 Å². The molecule has 1 saturated heterocycles. The summed E-state index contributed by atoms with van der Waals surface area (Å²) in [5.41, 5.74) is 1.16. The van der Waals surface area contributed by atoms with Crippen molar-refractivity contribution in [3.63, 3.8) is 0 Å². The Balaban J connectivity index is 1.75. The van der Waals surface area contributed by atoms with E-state index in [9.17, 15) is 18.0 Å². The Morgan fingerprint density at radius 3 is 2.52 bits per heavy atom. The van der Waals surface area contributed by atoms with Crippen LogP contribution in [-0.4, -0.2) is 61.5 Å². The van der Waals surface area contributed by atoms with Crippen molar-refractivity contribution in [3.8, 4) is 0 Å². The molecule has 1 heterocycles. The molecule has 1 aliphatic heterocycles. The maximum absolute atomic E-state index is 13.2. The van der Waals surface area contributed by atoms with Gasteiger partial charge in [-0.15, -0.1) is 11.8 Å². The van der Waals surface area contributed by atoms with Crippen LogP contribution < -0.4 is 10.6 Å². The van der Waals surface area contributed by atoms with Gasteiger partial charge < -0.3 is 10.6 Å².